The molecule has 5 rings (SSSR count). The Labute approximate surface area is 226 Å². The molecule has 1 aliphatic rings. The minimum Gasteiger partial charge on any atom is -0.503 e. The number of para-hydroxylation sites is 1. The predicted octanol–water partition coefficient (Wildman–Crippen LogP) is 5.64. The Bertz CT molecular complexity index is 1490. The normalized spacial score (nSPS) is 15.3. The molecular formula is C31H29NO7. The van der Waals surface area contributed by atoms with Crippen LogP contribution >= 0.6 is 0 Å². The lowest BCUT2D eigenvalue weighted by atomic mass is 9.94. The molecule has 0 saturated heterocycles. The molecule has 200 valence electrons. The number of ether oxygens (including phenoxy) is 3. The number of aliphatic hydroxyl groups excluding tert-OH is 1. The van der Waals surface area contributed by atoms with E-state index in [0.717, 1.165) is 10.9 Å². The smallest absolute Gasteiger partial charge is 0.290 e. The van der Waals surface area contributed by atoms with Crippen molar-refractivity contribution in [3.63, 3.8) is 0 Å². The lowest BCUT2D eigenvalue weighted by Crippen LogP contribution is -2.32. The minimum absolute atomic E-state index is 0.0449. The van der Waals surface area contributed by atoms with Crippen LogP contribution in [0, 0.1) is 0 Å². The molecule has 2 heterocycles. The molecule has 8 nitrogen and oxygen atoms in total. The van der Waals surface area contributed by atoms with Gasteiger partial charge in [-0.15, -0.1) is 0 Å². The molecule has 0 saturated carbocycles. The van der Waals surface area contributed by atoms with Crippen LogP contribution in [0.25, 0.3) is 11.0 Å². The minimum atomic E-state index is -0.854. The number of amides is 1. The Morgan fingerprint density at radius 2 is 1.74 bits per heavy atom. The van der Waals surface area contributed by atoms with E-state index in [-0.39, 0.29) is 17.9 Å². The van der Waals surface area contributed by atoms with Gasteiger partial charge < -0.3 is 28.6 Å². The summed E-state index contributed by atoms with van der Waals surface area (Å²) >= 11 is 0. The van der Waals surface area contributed by atoms with Gasteiger partial charge in [0.2, 0.25) is 5.78 Å². The van der Waals surface area contributed by atoms with Crippen LogP contribution in [0.3, 0.4) is 0 Å². The number of Topliss-reactive ketones (excluding diaryl/α,β-unsaturated/α-hetero) is 1. The number of furan rings is 1. The second kappa shape index (κ2) is 11.4. The fraction of sp³-hybridized carbons (Fsp3) is 0.226. The molecule has 0 bridgehead atoms. The monoisotopic (exact) mass is 527 g/mol. The van der Waals surface area contributed by atoms with Gasteiger partial charge in [0.1, 0.15) is 12.2 Å². The Hall–Kier alpha value is -4.56. The van der Waals surface area contributed by atoms with Crippen molar-refractivity contribution >= 4 is 22.7 Å². The fourth-order valence-electron chi connectivity index (χ4n) is 4.78. The second-order valence-corrected chi connectivity index (χ2v) is 9.17. The van der Waals surface area contributed by atoms with Gasteiger partial charge in [-0.25, -0.2) is 0 Å². The number of fused-ring (bicyclic) bond motifs is 1. The molecule has 39 heavy (non-hydrogen) atoms. The first-order valence-corrected chi connectivity index (χ1v) is 12.6. The van der Waals surface area contributed by atoms with E-state index in [1.165, 1.54) is 12.0 Å². The molecular weight excluding hydrogens is 498 g/mol. The van der Waals surface area contributed by atoms with E-state index in [9.17, 15) is 14.7 Å². The number of hydrogen-bond donors (Lipinski definition) is 1. The predicted molar refractivity (Wildman–Crippen MR) is 145 cm³/mol. The van der Waals surface area contributed by atoms with Gasteiger partial charge in [0, 0.05) is 25.6 Å². The van der Waals surface area contributed by atoms with Crippen molar-refractivity contribution in [1.82, 2.24) is 4.90 Å². The van der Waals surface area contributed by atoms with E-state index in [4.69, 9.17) is 18.6 Å². The van der Waals surface area contributed by atoms with Gasteiger partial charge in [-0.2, -0.15) is 0 Å². The first-order chi connectivity index (χ1) is 19.0. The van der Waals surface area contributed by atoms with Crippen LogP contribution in [0.15, 0.2) is 94.6 Å². The topological polar surface area (TPSA) is 98.4 Å². The maximum atomic E-state index is 13.7. The summed E-state index contributed by atoms with van der Waals surface area (Å²) in [6.45, 7) is 1.03. The lowest BCUT2D eigenvalue weighted by Gasteiger charge is -2.27. The van der Waals surface area contributed by atoms with Gasteiger partial charge in [-0.3, -0.25) is 9.59 Å². The highest BCUT2D eigenvalue weighted by Crippen LogP contribution is 2.42. The quantitative estimate of drug-likeness (QED) is 0.199. The van der Waals surface area contributed by atoms with E-state index in [2.05, 4.69) is 0 Å². The highest BCUT2D eigenvalue weighted by atomic mass is 16.5. The van der Waals surface area contributed by atoms with E-state index >= 15 is 0 Å². The lowest BCUT2D eigenvalue weighted by molar-refractivity contribution is -0.129. The van der Waals surface area contributed by atoms with Crippen LogP contribution in [-0.4, -0.2) is 49.1 Å². The summed E-state index contributed by atoms with van der Waals surface area (Å²) in [6, 6.07) is 23.0. The molecule has 0 fully saturated rings. The Kier molecular flexibility index (Phi) is 7.65. The Morgan fingerprint density at radius 3 is 2.49 bits per heavy atom. The molecule has 0 aliphatic carbocycles. The SMILES string of the molecule is COCCCN1C(=O)C(O)=C(C(=O)c2cc3ccccc3o2)C1c1ccc(OCc2ccccc2)c(OC)c1. The van der Waals surface area contributed by atoms with Crippen molar-refractivity contribution in [3.05, 3.63) is 107 Å². The molecule has 1 atom stereocenters. The number of hydrogen-bond acceptors (Lipinski definition) is 7. The number of methoxy groups -OCH3 is 2. The highest BCUT2D eigenvalue weighted by Gasteiger charge is 2.44. The molecule has 1 N–H and O–H groups in total. The second-order valence-electron chi connectivity index (χ2n) is 9.17. The standard InChI is InChI=1S/C31H29NO7/c1-36-16-8-15-32-28(22-13-14-24(25(18-22)37-2)38-19-20-9-4-3-5-10-20)27(30(34)31(32)35)29(33)26-17-21-11-6-7-12-23(21)39-26/h3-7,9-14,17-18,28,34H,8,15-16,19H2,1-2H3. The van der Waals surface area contributed by atoms with Gasteiger partial charge in [0.05, 0.1) is 18.7 Å². The number of aliphatic hydroxyl groups is 1. The third-order valence-electron chi connectivity index (χ3n) is 6.69. The summed E-state index contributed by atoms with van der Waals surface area (Å²) in [7, 11) is 3.10. The van der Waals surface area contributed by atoms with Gasteiger partial charge >= 0.3 is 0 Å². The number of nitrogens with zero attached hydrogens (tertiary/aromatic N) is 1. The molecule has 8 heteroatoms. The number of rotatable bonds is 11. The molecule has 0 radical (unpaired) electrons. The largest absolute Gasteiger partial charge is 0.503 e. The average Bonchev–Trinajstić information content (AvgIpc) is 3.51. The van der Waals surface area contributed by atoms with Gasteiger partial charge in [0.25, 0.3) is 5.91 Å². The Morgan fingerprint density at radius 1 is 0.974 bits per heavy atom. The van der Waals surface area contributed by atoms with E-state index < -0.39 is 23.5 Å². The van der Waals surface area contributed by atoms with Crippen molar-refractivity contribution < 1.29 is 33.3 Å². The van der Waals surface area contributed by atoms with Gasteiger partial charge in [-0.1, -0.05) is 54.6 Å². The first kappa shape index (κ1) is 26.1. The maximum Gasteiger partial charge on any atom is 0.290 e. The number of carbonyl (C=O) groups excluding carboxylic acids is 2. The van der Waals surface area contributed by atoms with Crippen LogP contribution in [0.5, 0.6) is 11.5 Å². The van der Waals surface area contributed by atoms with Crippen LogP contribution in [0.4, 0.5) is 0 Å². The zero-order chi connectivity index (χ0) is 27.4. The molecule has 1 aromatic heterocycles. The van der Waals surface area contributed by atoms with Crippen LogP contribution < -0.4 is 9.47 Å². The zero-order valence-electron chi connectivity index (χ0n) is 21.8. The van der Waals surface area contributed by atoms with Crippen LogP contribution in [0.2, 0.25) is 0 Å². The average molecular weight is 528 g/mol. The van der Waals surface area contributed by atoms with Crippen molar-refractivity contribution in [3.8, 4) is 11.5 Å². The number of ketones is 1. The van der Waals surface area contributed by atoms with E-state index in [1.54, 1.807) is 37.4 Å². The van der Waals surface area contributed by atoms with Crippen molar-refractivity contribution in [2.24, 2.45) is 0 Å². The third kappa shape index (κ3) is 5.24. The van der Waals surface area contributed by atoms with Gasteiger partial charge in [0.15, 0.2) is 23.0 Å². The fourth-order valence-corrected chi connectivity index (χ4v) is 4.78. The maximum absolute atomic E-state index is 13.7. The highest BCUT2D eigenvalue weighted by molar-refractivity contribution is 6.16. The van der Waals surface area contributed by atoms with E-state index in [1.807, 2.05) is 48.5 Å². The zero-order valence-corrected chi connectivity index (χ0v) is 21.8. The number of carbonyl (C=O) groups is 2. The molecule has 1 aliphatic heterocycles. The summed E-state index contributed by atoms with van der Waals surface area (Å²) in [4.78, 5) is 28.4. The molecule has 0 spiro atoms. The summed E-state index contributed by atoms with van der Waals surface area (Å²) in [5, 5.41) is 11.7. The summed E-state index contributed by atoms with van der Waals surface area (Å²) in [5.74, 6) is -0.776. The van der Waals surface area contributed by atoms with Crippen LogP contribution in [0.1, 0.15) is 34.1 Å². The molecule has 1 unspecified atom stereocenters. The van der Waals surface area contributed by atoms with Crippen molar-refractivity contribution in [2.45, 2.75) is 19.1 Å². The summed E-state index contributed by atoms with van der Waals surface area (Å²) in [6.07, 6.45) is 0.521. The molecule has 3 aromatic carbocycles. The van der Waals surface area contributed by atoms with Crippen molar-refractivity contribution in [2.75, 3.05) is 27.4 Å². The molecule has 1 amide bonds. The van der Waals surface area contributed by atoms with Crippen molar-refractivity contribution in [1.29, 1.82) is 0 Å². The third-order valence-corrected chi connectivity index (χ3v) is 6.69. The summed E-state index contributed by atoms with van der Waals surface area (Å²) in [5.41, 5.74) is 2.09. The first-order valence-electron chi connectivity index (χ1n) is 12.6. The van der Waals surface area contributed by atoms with Gasteiger partial charge in [-0.05, 0) is 41.8 Å². The number of benzene rings is 3. The van der Waals surface area contributed by atoms with E-state index in [0.29, 0.717) is 42.3 Å². The molecule has 4 aromatic rings. The Balaban J connectivity index is 1.51. The summed E-state index contributed by atoms with van der Waals surface area (Å²) < 4.78 is 22.6. The van der Waals surface area contributed by atoms with Crippen LogP contribution in [-0.2, 0) is 16.1 Å².